The number of thioether (sulfide) groups is 1. The van der Waals surface area contributed by atoms with Crippen LogP contribution in [0.5, 0.6) is 0 Å². The van der Waals surface area contributed by atoms with Crippen LogP contribution in [0.25, 0.3) is 0 Å². The molecule has 4 heteroatoms. The summed E-state index contributed by atoms with van der Waals surface area (Å²) in [5.74, 6) is 1.15. The number of hydrogen-bond donors (Lipinski definition) is 2. The molecule has 0 aliphatic carbocycles. The highest BCUT2D eigenvalue weighted by atomic mass is 32.2. The number of carbonyl (C=O) groups is 1. The Morgan fingerprint density at radius 1 is 1.29 bits per heavy atom. The predicted octanol–water partition coefficient (Wildman–Crippen LogP) is 4.09. The van der Waals surface area contributed by atoms with Crippen molar-refractivity contribution in [2.75, 3.05) is 11.1 Å². The van der Waals surface area contributed by atoms with Gasteiger partial charge in [-0.1, -0.05) is 30.3 Å². The summed E-state index contributed by atoms with van der Waals surface area (Å²) in [5, 5.41) is 12.6. The van der Waals surface area contributed by atoms with Crippen LogP contribution in [0.4, 0.5) is 5.69 Å². The summed E-state index contributed by atoms with van der Waals surface area (Å²) in [6, 6.07) is 13.9. The highest BCUT2D eigenvalue weighted by Crippen LogP contribution is 2.34. The van der Waals surface area contributed by atoms with E-state index < -0.39 is 5.97 Å². The van der Waals surface area contributed by atoms with Gasteiger partial charge in [0.1, 0.15) is 0 Å². The number of carboxylic acids is 1. The quantitative estimate of drug-likeness (QED) is 0.896. The van der Waals surface area contributed by atoms with Crippen molar-refractivity contribution in [1.82, 2.24) is 0 Å². The molecule has 0 spiro atoms. The van der Waals surface area contributed by atoms with E-state index in [-0.39, 0.29) is 6.04 Å². The van der Waals surface area contributed by atoms with Crippen LogP contribution in [0.3, 0.4) is 0 Å². The van der Waals surface area contributed by atoms with Gasteiger partial charge in [0, 0.05) is 17.2 Å². The van der Waals surface area contributed by atoms with Crippen molar-refractivity contribution < 1.29 is 9.90 Å². The van der Waals surface area contributed by atoms with Gasteiger partial charge in [-0.25, -0.2) is 4.79 Å². The van der Waals surface area contributed by atoms with Crippen LogP contribution in [0, 0.1) is 6.92 Å². The Hall–Kier alpha value is -1.94. The summed E-state index contributed by atoms with van der Waals surface area (Å²) >= 11 is 1.90. The Morgan fingerprint density at radius 3 is 2.90 bits per heavy atom. The highest BCUT2D eigenvalue weighted by molar-refractivity contribution is 7.98. The third-order valence-electron chi connectivity index (χ3n) is 3.79. The van der Waals surface area contributed by atoms with E-state index in [4.69, 9.17) is 5.11 Å². The third-order valence-corrected chi connectivity index (χ3v) is 4.87. The van der Waals surface area contributed by atoms with Gasteiger partial charge in [0.25, 0.3) is 0 Å². The Kier molecular flexibility index (Phi) is 3.88. The monoisotopic (exact) mass is 299 g/mol. The van der Waals surface area contributed by atoms with Gasteiger partial charge >= 0.3 is 5.97 Å². The van der Waals surface area contributed by atoms with E-state index in [1.165, 1.54) is 11.1 Å². The lowest BCUT2D eigenvalue weighted by atomic mass is 10.0. The van der Waals surface area contributed by atoms with Crippen LogP contribution in [-0.4, -0.2) is 16.8 Å². The zero-order valence-corrected chi connectivity index (χ0v) is 12.6. The van der Waals surface area contributed by atoms with Crippen LogP contribution in [0.2, 0.25) is 0 Å². The molecule has 0 fully saturated rings. The molecule has 0 bridgehead atoms. The van der Waals surface area contributed by atoms with E-state index >= 15 is 0 Å². The minimum atomic E-state index is -0.892. The third kappa shape index (κ3) is 2.90. The second-order valence-corrected chi connectivity index (χ2v) is 6.28. The zero-order valence-electron chi connectivity index (χ0n) is 11.8. The van der Waals surface area contributed by atoms with Gasteiger partial charge in [0.05, 0.1) is 11.6 Å². The van der Waals surface area contributed by atoms with Crippen LogP contribution in [0.15, 0.2) is 42.5 Å². The first kappa shape index (κ1) is 14.0. The average molecular weight is 299 g/mol. The Morgan fingerprint density at radius 2 is 2.10 bits per heavy atom. The SMILES string of the molecule is Cc1ccc(C(=O)O)cc1NC1CSCc2ccccc21. The number of hydrogen-bond acceptors (Lipinski definition) is 3. The fourth-order valence-electron chi connectivity index (χ4n) is 2.60. The molecular weight excluding hydrogens is 282 g/mol. The van der Waals surface area contributed by atoms with Gasteiger partial charge in [-0.3, -0.25) is 0 Å². The van der Waals surface area contributed by atoms with Crippen LogP contribution >= 0.6 is 11.8 Å². The number of fused-ring (bicyclic) bond motifs is 1. The maximum atomic E-state index is 11.1. The summed E-state index contributed by atoms with van der Waals surface area (Å²) in [6.07, 6.45) is 0. The molecule has 0 saturated carbocycles. The molecule has 2 aromatic rings. The number of aromatic carboxylic acids is 1. The molecule has 1 aliphatic heterocycles. The summed E-state index contributed by atoms with van der Waals surface area (Å²) in [4.78, 5) is 11.1. The van der Waals surface area contributed by atoms with Gasteiger partial charge in [-0.05, 0) is 35.7 Å². The van der Waals surface area contributed by atoms with Gasteiger partial charge in [0.15, 0.2) is 0 Å². The van der Waals surface area contributed by atoms with Gasteiger partial charge in [-0.2, -0.15) is 11.8 Å². The molecule has 3 nitrogen and oxygen atoms in total. The first-order valence-corrected chi connectivity index (χ1v) is 8.06. The van der Waals surface area contributed by atoms with Crippen molar-refractivity contribution in [1.29, 1.82) is 0 Å². The maximum Gasteiger partial charge on any atom is 0.335 e. The summed E-state index contributed by atoms with van der Waals surface area (Å²) < 4.78 is 0. The Balaban J connectivity index is 1.91. The first-order valence-electron chi connectivity index (χ1n) is 6.91. The lowest BCUT2D eigenvalue weighted by Gasteiger charge is -2.27. The predicted molar refractivity (Wildman–Crippen MR) is 87.1 cm³/mol. The molecule has 21 heavy (non-hydrogen) atoms. The molecule has 1 unspecified atom stereocenters. The second-order valence-electron chi connectivity index (χ2n) is 5.25. The van der Waals surface area contributed by atoms with Crippen molar-refractivity contribution in [3.05, 3.63) is 64.7 Å². The molecule has 1 atom stereocenters. The minimum Gasteiger partial charge on any atom is -0.478 e. The fourth-order valence-corrected chi connectivity index (χ4v) is 3.70. The molecule has 108 valence electrons. The molecule has 1 aliphatic rings. The van der Waals surface area contributed by atoms with Crippen LogP contribution in [0.1, 0.15) is 33.1 Å². The minimum absolute atomic E-state index is 0.225. The number of benzene rings is 2. The average Bonchev–Trinajstić information content (AvgIpc) is 2.49. The van der Waals surface area contributed by atoms with Crippen molar-refractivity contribution in [2.45, 2.75) is 18.7 Å². The largest absolute Gasteiger partial charge is 0.478 e. The first-order chi connectivity index (χ1) is 10.1. The van der Waals surface area contributed by atoms with E-state index in [2.05, 4.69) is 29.6 Å². The summed E-state index contributed by atoms with van der Waals surface area (Å²) in [5.41, 5.74) is 4.96. The molecule has 0 saturated heterocycles. The molecule has 0 aromatic heterocycles. The number of aryl methyl sites for hydroxylation is 1. The molecule has 2 aromatic carbocycles. The molecule has 3 rings (SSSR count). The summed E-state index contributed by atoms with van der Waals surface area (Å²) in [6.45, 7) is 2.00. The van der Waals surface area contributed by atoms with Crippen LogP contribution in [-0.2, 0) is 5.75 Å². The Labute approximate surface area is 128 Å². The number of nitrogens with one attached hydrogen (secondary N) is 1. The molecule has 0 amide bonds. The number of rotatable bonds is 3. The van der Waals surface area contributed by atoms with Crippen molar-refractivity contribution in [3.8, 4) is 0 Å². The second kappa shape index (κ2) is 5.82. The van der Waals surface area contributed by atoms with E-state index in [0.717, 1.165) is 22.8 Å². The standard InChI is InChI=1S/C17H17NO2S/c1-11-6-7-12(17(19)20)8-15(11)18-16-10-21-9-13-4-2-3-5-14(13)16/h2-8,16,18H,9-10H2,1H3,(H,19,20). The van der Waals surface area contributed by atoms with E-state index in [1.807, 2.05) is 24.8 Å². The number of anilines is 1. The van der Waals surface area contributed by atoms with Crippen molar-refractivity contribution in [2.24, 2.45) is 0 Å². The normalized spacial score (nSPS) is 17.1. The van der Waals surface area contributed by atoms with E-state index in [0.29, 0.717) is 5.56 Å². The van der Waals surface area contributed by atoms with Crippen molar-refractivity contribution in [3.63, 3.8) is 0 Å². The molecule has 2 N–H and O–H groups in total. The Bertz CT molecular complexity index is 684. The van der Waals surface area contributed by atoms with Gasteiger partial charge < -0.3 is 10.4 Å². The lowest BCUT2D eigenvalue weighted by Crippen LogP contribution is -2.19. The molecule has 0 radical (unpaired) electrons. The van der Waals surface area contributed by atoms with E-state index in [9.17, 15) is 4.79 Å². The maximum absolute atomic E-state index is 11.1. The number of carboxylic acid groups (broad SMARTS) is 1. The molecule has 1 heterocycles. The fraction of sp³-hybridized carbons (Fsp3) is 0.235. The topological polar surface area (TPSA) is 49.3 Å². The van der Waals surface area contributed by atoms with E-state index in [1.54, 1.807) is 12.1 Å². The van der Waals surface area contributed by atoms with Gasteiger partial charge in [-0.15, -0.1) is 0 Å². The summed E-state index contributed by atoms with van der Waals surface area (Å²) in [7, 11) is 0. The van der Waals surface area contributed by atoms with Crippen molar-refractivity contribution >= 4 is 23.4 Å². The van der Waals surface area contributed by atoms with Gasteiger partial charge in [0.2, 0.25) is 0 Å². The highest BCUT2D eigenvalue weighted by Gasteiger charge is 2.20. The lowest BCUT2D eigenvalue weighted by molar-refractivity contribution is 0.0697. The van der Waals surface area contributed by atoms with Crippen LogP contribution < -0.4 is 5.32 Å². The smallest absolute Gasteiger partial charge is 0.335 e. The molecular formula is C17H17NO2S. The zero-order chi connectivity index (χ0) is 14.8.